The van der Waals surface area contributed by atoms with Crippen molar-refractivity contribution in [1.82, 2.24) is 10.2 Å². The van der Waals surface area contributed by atoms with Gasteiger partial charge in [-0.15, -0.1) is 0 Å². The summed E-state index contributed by atoms with van der Waals surface area (Å²) in [7, 11) is 1.94. The number of hydrogen-bond donors (Lipinski definition) is 1. The highest BCUT2D eigenvalue weighted by molar-refractivity contribution is 5.76. The Labute approximate surface area is 113 Å². The summed E-state index contributed by atoms with van der Waals surface area (Å²) in [6.07, 6.45) is 8.85. The van der Waals surface area contributed by atoms with Crippen LogP contribution in [0.3, 0.4) is 0 Å². The van der Waals surface area contributed by atoms with E-state index in [0.29, 0.717) is 12.3 Å². The van der Waals surface area contributed by atoms with Crippen LogP contribution in [0, 0.1) is 0 Å². The van der Waals surface area contributed by atoms with Gasteiger partial charge in [-0.1, -0.05) is 39.5 Å². The lowest BCUT2D eigenvalue weighted by Crippen LogP contribution is -2.33. The standard InChI is InChI=1S/C15H32N2O/c1-4-6-8-13-17(14-9-7-5-2)15(18)11-10-12-16-3/h16H,4-14H2,1-3H3. The normalized spacial score (nSPS) is 10.6. The maximum absolute atomic E-state index is 12.1. The van der Waals surface area contributed by atoms with Gasteiger partial charge in [0.2, 0.25) is 5.91 Å². The molecule has 0 fully saturated rings. The van der Waals surface area contributed by atoms with E-state index in [1.165, 1.54) is 25.7 Å². The molecule has 0 atom stereocenters. The van der Waals surface area contributed by atoms with E-state index < -0.39 is 0 Å². The van der Waals surface area contributed by atoms with Gasteiger partial charge in [0, 0.05) is 19.5 Å². The fourth-order valence-corrected chi connectivity index (χ4v) is 2.04. The zero-order chi connectivity index (χ0) is 13.6. The van der Waals surface area contributed by atoms with Crippen molar-refractivity contribution in [3.8, 4) is 0 Å². The first-order chi connectivity index (χ1) is 8.76. The third kappa shape index (κ3) is 9.46. The Morgan fingerprint density at radius 2 is 1.50 bits per heavy atom. The molecule has 18 heavy (non-hydrogen) atoms. The van der Waals surface area contributed by atoms with E-state index in [1.54, 1.807) is 0 Å². The number of rotatable bonds is 12. The van der Waals surface area contributed by atoms with E-state index in [4.69, 9.17) is 0 Å². The molecule has 0 radical (unpaired) electrons. The Morgan fingerprint density at radius 1 is 0.944 bits per heavy atom. The van der Waals surface area contributed by atoms with E-state index >= 15 is 0 Å². The molecule has 0 bridgehead atoms. The fourth-order valence-electron chi connectivity index (χ4n) is 2.04. The van der Waals surface area contributed by atoms with Crippen molar-refractivity contribution in [2.75, 3.05) is 26.7 Å². The summed E-state index contributed by atoms with van der Waals surface area (Å²) in [5.74, 6) is 0.345. The summed E-state index contributed by atoms with van der Waals surface area (Å²) in [6.45, 7) is 7.25. The molecule has 0 aliphatic heterocycles. The first-order valence-corrected chi connectivity index (χ1v) is 7.68. The molecule has 3 heteroatoms. The van der Waals surface area contributed by atoms with E-state index in [-0.39, 0.29) is 0 Å². The molecule has 0 aliphatic rings. The number of carbonyl (C=O) groups is 1. The summed E-state index contributed by atoms with van der Waals surface area (Å²) in [5.41, 5.74) is 0. The van der Waals surface area contributed by atoms with Gasteiger partial charge in [0.25, 0.3) is 0 Å². The third-order valence-corrected chi connectivity index (χ3v) is 3.23. The van der Waals surface area contributed by atoms with E-state index in [1.807, 2.05) is 7.05 Å². The average Bonchev–Trinajstić information content (AvgIpc) is 2.37. The summed E-state index contributed by atoms with van der Waals surface area (Å²) in [5, 5.41) is 3.10. The summed E-state index contributed by atoms with van der Waals surface area (Å²) in [4.78, 5) is 14.2. The van der Waals surface area contributed by atoms with Crippen LogP contribution in [-0.2, 0) is 4.79 Å². The van der Waals surface area contributed by atoms with Crippen LogP contribution in [0.15, 0.2) is 0 Å². The molecule has 0 aromatic rings. The molecule has 0 aromatic carbocycles. The van der Waals surface area contributed by atoms with Crippen LogP contribution >= 0.6 is 0 Å². The monoisotopic (exact) mass is 256 g/mol. The number of nitrogens with one attached hydrogen (secondary N) is 1. The molecule has 0 saturated heterocycles. The van der Waals surface area contributed by atoms with Crippen LogP contribution in [0.1, 0.15) is 65.2 Å². The number of hydrogen-bond acceptors (Lipinski definition) is 2. The average molecular weight is 256 g/mol. The van der Waals surface area contributed by atoms with Gasteiger partial charge in [-0.05, 0) is 32.9 Å². The number of amides is 1. The number of nitrogens with zero attached hydrogens (tertiary/aromatic N) is 1. The van der Waals surface area contributed by atoms with Crippen molar-refractivity contribution in [1.29, 1.82) is 0 Å². The summed E-state index contributed by atoms with van der Waals surface area (Å²) in [6, 6.07) is 0. The fraction of sp³-hybridized carbons (Fsp3) is 0.933. The number of carbonyl (C=O) groups excluding carboxylic acids is 1. The minimum absolute atomic E-state index is 0.345. The van der Waals surface area contributed by atoms with Gasteiger partial charge < -0.3 is 10.2 Å². The van der Waals surface area contributed by atoms with Crippen molar-refractivity contribution in [2.45, 2.75) is 65.2 Å². The van der Waals surface area contributed by atoms with Gasteiger partial charge in [-0.25, -0.2) is 0 Å². The lowest BCUT2D eigenvalue weighted by Gasteiger charge is -2.22. The highest BCUT2D eigenvalue weighted by Gasteiger charge is 2.11. The predicted octanol–water partition coefficient (Wildman–Crippen LogP) is 3.20. The Balaban J connectivity index is 3.95. The molecule has 0 saturated carbocycles. The Bertz CT molecular complexity index is 185. The molecule has 0 aliphatic carbocycles. The van der Waals surface area contributed by atoms with Crippen molar-refractivity contribution >= 4 is 5.91 Å². The van der Waals surface area contributed by atoms with Gasteiger partial charge in [-0.3, -0.25) is 4.79 Å². The lowest BCUT2D eigenvalue weighted by molar-refractivity contribution is -0.131. The van der Waals surface area contributed by atoms with Gasteiger partial charge in [0.15, 0.2) is 0 Å². The van der Waals surface area contributed by atoms with E-state index in [0.717, 1.165) is 38.9 Å². The first-order valence-electron chi connectivity index (χ1n) is 7.68. The molecular formula is C15H32N2O. The van der Waals surface area contributed by atoms with Crippen LogP contribution in [0.2, 0.25) is 0 Å². The number of unbranched alkanes of at least 4 members (excludes halogenated alkanes) is 4. The maximum atomic E-state index is 12.1. The molecule has 0 aromatic heterocycles. The van der Waals surface area contributed by atoms with Crippen molar-refractivity contribution in [2.24, 2.45) is 0 Å². The van der Waals surface area contributed by atoms with Crippen LogP contribution in [0.4, 0.5) is 0 Å². The molecule has 3 nitrogen and oxygen atoms in total. The minimum Gasteiger partial charge on any atom is -0.343 e. The Kier molecular flexibility index (Phi) is 12.5. The largest absolute Gasteiger partial charge is 0.343 e. The van der Waals surface area contributed by atoms with Crippen LogP contribution in [0.5, 0.6) is 0 Å². The maximum Gasteiger partial charge on any atom is 0.222 e. The van der Waals surface area contributed by atoms with Gasteiger partial charge in [0.1, 0.15) is 0 Å². The Hall–Kier alpha value is -0.570. The molecule has 108 valence electrons. The van der Waals surface area contributed by atoms with E-state index in [2.05, 4.69) is 24.1 Å². The molecule has 1 N–H and O–H groups in total. The smallest absolute Gasteiger partial charge is 0.222 e. The molecule has 0 heterocycles. The second-order valence-electron chi connectivity index (χ2n) is 5.00. The molecule has 0 unspecified atom stereocenters. The van der Waals surface area contributed by atoms with Crippen molar-refractivity contribution < 1.29 is 4.79 Å². The first kappa shape index (κ1) is 17.4. The Morgan fingerprint density at radius 3 is 1.94 bits per heavy atom. The van der Waals surface area contributed by atoms with Crippen molar-refractivity contribution in [3.63, 3.8) is 0 Å². The molecule has 1 amide bonds. The molecule has 0 rings (SSSR count). The van der Waals surface area contributed by atoms with E-state index in [9.17, 15) is 4.79 Å². The zero-order valence-electron chi connectivity index (χ0n) is 12.6. The quantitative estimate of drug-likeness (QED) is 0.544. The third-order valence-electron chi connectivity index (χ3n) is 3.23. The highest BCUT2D eigenvalue weighted by Crippen LogP contribution is 2.05. The highest BCUT2D eigenvalue weighted by atomic mass is 16.2. The predicted molar refractivity (Wildman–Crippen MR) is 78.8 cm³/mol. The van der Waals surface area contributed by atoms with Gasteiger partial charge in [0.05, 0.1) is 0 Å². The summed E-state index contributed by atoms with van der Waals surface area (Å²) >= 11 is 0. The van der Waals surface area contributed by atoms with Crippen LogP contribution in [-0.4, -0.2) is 37.5 Å². The van der Waals surface area contributed by atoms with Crippen LogP contribution < -0.4 is 5.32 Å². The second kappa shape index (κ2) is 12.9. The second-order valence-corrected chi connectivity index (χ2v) is 5.00. The SMILES string of the molecule is CCCCCN(CCCCC)C(=O)CCCNC. The van der Waals surface area contributed by atoms with Gasteiger partial charge in [-0.2, -0.15) is 0 Å². The van der Waals surface area contributed by atoms with Crippen LogP contribution in [0.25, 0.3) is 0 Å². The molecular weight excluding hydrogens is 224 g/mol. The van der Waals surface area contributed by atoms with Gasteiger partial charge >= 0.3 is 0 Å². The zero-order valence-corrected chi connectivity index (χ0v) is 12.6. The summed E-state index contributed by atoms with van der Waals surface area (Å²) < 4.78 is 0. The molecule has 0 spiro atoms. The minimum atomic E-state index is 0.345. The topological polar surface area (TPSA) is 32.3 Å². The van der Waals surface area contributed by atoms with Crippen molar-refractivity contribution in [3.05, 3.63) is 0 Å². The lowest BCUT2D eigenvalue weighted by atomic mass is 10.2.